The Balaban J connectivity index is 2.21. The van der Waals surface area contributed by atoms with Crippen LogP contribution in [0.2, 0.25) is 0 Å². The van der Waals surface area contributed by atoms with Crippen LogP contribution in [0.5, 0.6) is 0 Å². The highest BCUT2D eigenvalue weighted by Crippen LogP contribution is 2.37. The summed E-state index contributed by atoms with van der Waals surface area (Å²) >= 11 is 6.18. The highest BCUT2D eigenvalue weighted by molar-refractivity contribution is 6.21. The smallest absolute Gasteiger partial charge is 0.0577 e. The lowest BCUT2D eigenvalue weighted by Crippen LogP contribution is -2.37. The van der Waals surface area contributed by atoms with Crippen LogP contribution in [0, 0.1) is 11.8 Å². The first-order valence-corrected chi connectivity index (χ1v) is 4.75. The van der Waals surface area contributed by atoms with E-state index in [0.29, 0.717) is 23.3 Å². The Labute approximate surface area is 74.1 Å². The highest BCUT2D eigenvalue weighted by atomic mass is 35.5. The van der Waals surface area contributed by atoms with Gasteiger partial charge in [-0.3, -0.25) is 0 Å². The second kappa shape index (κ2) is 3.77. The van der Waals surface area contributed by atoms with Crippen molar-refractivity contribution in [2.24, 2.45) is 11.8 Å². The lowest BCUT2D eigenvalue weighted by Gasteiger charge is -2.38. The molecule has 1 aliphatic carbocycles. The van der Waals surface area contributed by atoms with Crippen molar-refractivity contribution in [3.05, 3.63) is 0 Å². The second-order valence-corrected chi connectivity index (χ2v) is 4.28. The first-order chi connectivity index (χ1) is 5.15. The van der Waals surface area contributed by atoms with Crippen LogP contribution >= 0.6 is 11.6 Å². The number of rotatable bonds is 3. The van der Waals surface area contributed by atoms with E-state index in [1.54, 1.807) is 7.11 Å². The van der Waals surface area contributed by atoms with E-state index in [4.69, 9.17) is 16.3 Å². The van der Waals surface area contributed by atoms with Crippen LogP contribution in [0.1, 0.15) is 26.7 Å². The molecule has 0 aliphatic heterocycles. The third-order valence-electron chi connectivity index (χ3n) is 2.55. The summed E-state index contributed by atoms with van der Waals surface area (Å²) in [5.74, 6) is 1.29. The molecule has 2 heteroatoms. The molecular weight excluding hydrogens is 160 g/mol. The Kier molecular flexibility index (Phi) is 3.20. The van der Waals surface area contributed by atoms with Gasteiger partial charge in [0, 0.05) is 12.5 Å². The number of ether oxygens (including phenoxy) is 1. The van der Waals surface area contributed by atoms with Gasteiger partial charge < -0.3 is 4.74 Å². The Morgan fingerprint density at radius 1 is 1.36 bits per heavy atom. The van der Waals surface area contributed by atoms with E-state index in [9.17, 15) is 0 Å². The molecule has 0 N–H and O–H groups in total. The van der Waals surface area contributed by atoms with Gasteiger partial charge in [0.25, 0.3) is 0 Å². The molecule has 1 saturated carbocycles. The fraction of sp³-hybridized carbons (Fsp3) is 1.00. The lowest BCUT2D eigenvalue weighted by atomic mass is 9.77. The number of hydrogen-bond acceptors (Lipinski definition) is 1. The van der Waals surface area contributed by atoms with Crippen LogP contribution in [0.15, 0.2) is 0 Å². The van der Waals surface area contributed by atoms with E-state index in [1.807, 2.05) is 0 Å². The molecule has 1 fully saturated rings. The quantitative estimate of drug-likeness (QED) is 0.601. The molecule has 66 valence electrons. The third kappa shape index (κ3) is 2.09. The van der Waals surface area contributed by atoms with Crippen LogP contribution < -0.4 is 0 Å². The maximum absolute atomic E-state index is 6.18. The van der Waals surface area contributed by atoms with Crippen molar-refractivity contribution in [2.75, 3.05) is 7.11 Å². The molecule has 0 bridgehead atoms. The zero-order chi connectivity index (χ0) is 8.43. The van der Waals surface area contributed by atoms with Crippen LogP contribution in [0.4, 0.5) is 0 Å². The van der Waals surface area contributed by atoms with Gasteiger partial charge in [0.05, 0.1) is 6.10 Å². The Bertz CT molecular complexity index is 119. The van der Waals surface area contributed by atoms with Crippen molar-refractivity contribution in [3.8, 4) is 0 Å². The molecule has 1 atom stereocenters. The molecule has 0 aromatic rings. The zero-order valence-electron chi connectivity index (χ0n) is 7.51. The van der Waals surface area contributed by atoms with Gasteiger partial charge in [-0.05, 0) is 24.7 Å². The van der Waals surface area contributed by atoms with Crippen LogP contribution in [-0.4, -0.2) is 18.6 Å². The summed E-state index contributed by atoms with van der Waals surface area (Å²) in [6.07, 6.45) is 2.80. The second-order valence-electron chi connectivity index (χ2n) is 3.78. The maximum Gasteiger partial charge on any atom is 0.0577 e. The van der Waals surface area contributed by atoms with Crippen molar-refractivity contribution < 1.29 is 4.74 Å². The molecule has 1 aliphatic rings. The van der Waals surface area contributed by atoms with E-state index in [-0.39, 0.29) is 0 Å². The van der Waals surface area contributed by atoms with Gasteiger partial charge in [0.1, 0.15) is 0 Å². The molecule has 1 nitrogen and oxygen atoms in total. The summed E-state index contributed by atoms with van der Waals surface area (Å²) in [5.41, 5.74) is 0. The van der Waals surface area contributed by atoms with Gasteiger partial charge >= 0.3 is 0 Å². The normalized spacial score (nSPS) is 33.5. The van der Waals surface area contributed by atoms with Crippen molar-refractivity contribution in [2.45, 2.75) is 38.2 Å². The lowest BCUT2D eigenvalue weighted by molar-refractivity contribution is -0.00372. The summed E-state index contributed by atoms with van der Waals surface area (Å²) in [6, 6.07) is 0. The average Bonchev–Trinajstić information content (AvgIpc) is 1.85. The van der Waals surface area contributed by atoms with Crippen LogP contribution in [0.3, 0.4) is 0 Å². The molecule has 0 saturated heterocycles. The van der Waals surface area contributed by atoms with Crippen LogP contribution in [-0.2, 0) is 4.74 Å². The van der Waals surface area contributed by atoms with Gasteiger partial charge in [0.15, 0.2) is 0 Å². The van der Waals surface area contributed by atoms with Gasteiger partial charge in [0.2, 0.25) is 0 Å². The van der Waals surface area contributed by atoms with Crippen molar-refractivity contribution in [3.63, 3.8) is 0 Å². The van der Waals surface area contributed by atoms with Gasteiger partial charge in [-0.2, -0.15) is 0 Å². The summed E-state index contributed by atoms with van der Waals surface area (Å²) < 4.78 is 5.19. The predicted octanol–water partition coefficient (Wildman–Crippen LogP) is 2.67. The number of halogens is 1. The summed E-state index contributed by atoms with van der Waals surface area (Å²) in [6.45, 7) is 4.36. The van der Waals surface area contributed by atoms with Gasteiger partial charge in [-0.25, -0.2) is 0 Å². The third-order valence-corrected chi connectivity index (χ3v) is 3.41. The first-order valence-electron chi connectivity index (χ1n) is 4.32. The molecule has 0 heterocycles. The Morgan fingerprint density at radius 2 is 1.91 bits per heavy atom. The van der Waals surface area contributed by atoms with E-state index in [0.717, 1.165) is 12.8 Å². The molecule has 0 aromatic heterocycles. The summed E-state index contributed by atoms with van der Waals surface area (Å²) in [5, 5.41) is 0.349. The SMILES string of the molecule is COC1CC(C(Cl)C(C)C)C1. The maximum atomic E-state index is 6.18. The summed E-state index contributed by atoms with van der Waals surface area (Å²) in [7, 11) is 1.78. The predicted molar refractivity (Wildman–Crippen MR) is 48.0 cm³/mol. The molecule has 0 aromatic carbocycles. The van der Waals surface area contributed by atoms with Crippen LogP contribution in [0.25, 0.3) is 0 Å². The van der Waals surface area contributed by atoms with E-state index >= 15 is 0 Å². The van der Waals surface area contributed by atoms with Gasteiger partial charge in [-0.1, -0.05) is 13.8 Å². The Morgan fingerprint density at radius 3 is 2.27 bits per heavy atom. The zero-order valence-corrected chi connectivity index (χ0v) is 8.27. The molecule has 0 spiro atoms. The van der Waals surface area contributed by atoms with E-state index in [1.165, 1.54) is 0 Å². The number of alkyl halides is 1. The molecule has 1 rings (SSSR count). The molecule has 1 unspecified atom stereocenters. The van der Waals surface area contributed by atoms with E-state index < -0.39 is 0 Å². The first kappa shape index (κ1) is 9.34. The fourth-order valence-corrected chi connectivity index (χ4v) is 1.81. The minimum atomic E-state index is 0.349. The van der Waals surface area contributed by atoms with Crippen molar-refractivity contribution in [1.82, 2.24) is 0 Å². The largest absolute Gasteiger partial charge is 0.381 e. The van der Waals surface area contributed by atoms with Crippen molar-refractivity contribution >= 4 is 11.6 Å². The number of methoxy groups -OCH3 is 1. The fourth-order valence-electron chi connectivity index (χ4n) is 1.60. The van der Waals surface area contributed by atoms with E-state index in [2.05, 4.69) is 13.8 Å². The molecule has 11 heavy (non-hydrogen) atoms. The molecular formula is C9H17ClO. The molecule has 0 radical (unpaired) electrons. The average molecular weight is 177 g/mol. The monoisotopic (exact) mass is 176 g/mol. The minimum absolute atomic E-state index is 0.349. The van der Waals surface area contributed by atoms with Crippen molar-refractivity contribution in [1.29, 1.82) is 0 Å². The Hall–Kier alpha value is 0.250. The standard InChI is InChI=1S/C9H17ClO/c1-6(2)9(10)7-4-8(5-7)11-3/h6-9H,4-5H2,1-3H3. The molecule has 0 amide bonds. The summed E-state index contributed by atoms with van der Waals surface area (Å²) in [4.78, 5) is 0. The van der Waals surface area contributed by atoms with Gasteiger partial charge in [-0.15, -0.1) is 11.6 Å². The minimum Gasteiger partial charge on any atom is -0.381 e. The number of hydrogen-bond donors (Lipinski definition) is 0. The highest BCUT2D eigenvalue weighted by Gasteiger charge is 2.35. The topological polar surface area (TPSA) is 9.23 Å².